The molecule has 2 aliphatic rings. The number of aromatic nitrogens is 4. The summed E-state index contributed by atoms with van der Waals surface area (Å²) in [6, 6.07) is 14.0. The molecule has 0 bridgehead atoms. The van der Waals surface area contributed by atoms with Gasteiger partial charge in [0.1, 0.15) is 22.8 Å². The molecular formula is C29H29ClN8O5. The summed E-state index contributed by atoms with van der Waals surface area (Å²) in [5.41, 5.74) is 4.82. The number of morpholine rings is 2. The third-order valence-corrected chi connectivity index (χ3v) is 7.19. The molecular weight excluding hydrogens is 576 g/mol. The molecule has 2 fully saturated rings. The standard InChI is InChI=1S/C29H29ClN8O5/c1-19-24(25(36-43-19)22-4-2-3-5-23(22)30)26(39)42-21-8-6-20(7-9-21)18-31-35-27-32-28(37-10-14-40-15-11-37)34-29(33-27)38-12-16-41-17-13-38/h2-9,18H,10-17H2,1H3,(H,32,33,34,35)/b31-18+. The molecule has 1 N–H and O–H groups in total. The van der Waals surface area contributed by atoms with Crippen LogP contribution in [0.5, 0.6) is 5.75 Å². The number of benzene rings is 2. The molecule has 43 heavy (non-hydrogen) atoms. The van der Waals surface area contributed by atoms with E-state index in [1.54, 1.807) is 55.6 Å². The van der Waals surface area contributed by atoms with E-state index in [0.29, 0.717) is 98.2 Å². The highest BCUT2D eigenvalue weighted by molar-refractivity contribution is 6.33. The normalized spacial score (nSPS) is 15.6. The lowest BCUT2D eigenvalue weighted by molar-refractivity contribution is 0.0733. The number of rotatable bonds is 8. The van der Waals surface area contributed by atoms with Gasteiger partial charge in [-0.2, -0.15) is 20.1 Å². The average molecular weight is 605 g/mol. The van der Waals surface area contributed by atoms with E-state index in [9.17, 15) is 4.79 Å². The van der Waals surface area contributed by atoms with Crippen molar-refractivity contribution in [3.8, 4) is 17.0 Å². The molecule has 0 aliphatic carbocycles. The summed E-state index contributed by atoms with van der Waals surface area (Å²) in [5, 5.41) is 8.81. The topological polar surface area (TPSA) is 140 Å². The van der Waals surface area contributed by atoms with Gasteiger partial charge in [-0.05, 0) is 42.8 Å². The van der Waals surface area contributed by atoms with Crippen LogP contribution in [0.2, 0.25) is 5.02 Å². The first-order valence-corrected chi connectivity index (χ1v) is 14.2. The molecule has 222 valence electrons. The summed E-state index contributed by atoms with van der Waals surface area (Å²) >= 11 is 6.31. The zero-order chi connectivity index (χ0) is 29.6. The lowest BCUT2D eigenvalue weighted by Gasteiger charge is -2.30. The van der Waals surface area contributed by atoms with Crippen LogP contribution in [0.15, 0.2) is 58.2 Å². The van der Waals surface area contributed by atoms with Gasteiger partial charge < -0.3 is 28.5 Å². The fraction of sp³-hybridized carbons (Fsp3) is 0.310. The quantitative estimate of drug-likeness (QED) is 0.135. The predicted octanol–water partition coefficient (Wildman–Crippen LogP) is 3.83. The highest BCUT2D eigenvalue weighted by Gasteiger charge is 2.25. The smallest absolute Gasteiger partial charge is 0.349 e. The Hall–Kier alpha value is -4.59. The Morgan fingerprint density at radius 2 is 1.56 bits per heavy atom. The number of hydrogen-bond donors (Lipinski definition) is 1. The molecule has 14 heteroatoms. The van der Waals surface area contributed by atoms with Crippen molar-refractivity contribution in [1.29, 1.82) is 0 Å². The SMILES string of the molecule is Cc1onc(-c2ccccc2Cl)c1C(=O)Oc1ccc(/C=N/Nc2nc(N3CCOCC3)nc(N3CCOCC3)n2)cc1. The second kappa shape index (κ2) is 13.2. The third-order valence-electron chi connectivity index (χ3n) is 6.86. The number of hydrogen-bond acceptors (Lipinski definition) is 13. The summed E-state index contributed by atoms with van der Waals surface area (Å²) in [6.45, 7) is 6.91. The van der Waals surface area contributed by atoms with Gasteiger partial charge in [0.05, 0.1) is 37.7 Å². The van der Waals surface area contributed by atoms with Gasteiger partial charge in [-0.25, -0.2) is 10.2 Å². The first-order chi connectivity index (χ1) is 21.0. The van der Waals surface area contributed by atoms with Gasteiger partial charge >= 0.3 is 5.97 Å². The van der Waals surface area contributed by atoms with E-state index in [0.717, 1.165) is 5.56 Å². The highest BCUT2D eigenvalue weighted by atomic mass is 35.5. The second-order valence-corrected chi connectivity index (χ2v) is 10.1. The van der Waals surface area contributed by atoms with Gasteiger partial charge in [0.2, 0.25) is 17.8 Å². The van der Waals surface area contributed by atoms with Gasteiger partial charge in [0.15, 0.2) is 0 Å². The molecule has 0 saturated carbocycles. The van der Waals surface area contributed by atoms with Crippen molar-refractivity contribution < 1.29 is 23.5 Å². The van der Waals surface area contributed by atoms with Crippen LogP contribution in [0, 0.1) is 6.92 Å². The van der Waals surface area contributed by atoms with Crippen molar-refractivity contribution in [3.63, 3.8) is 0 Å². The summed E-state index contributed by atoms with van der Waals surface area (Å²) < 4.78 is 21.8. The second-order valence-electron chi connectivity index (χ2n) is 9.73. The molecule has 2 aromatic heterocycles. The van der Waals surface area contributed by atoms with Crippen LogP contribution in [0.1, 0.15) is 21.7 Å². The minimum absolute atomic E-state index is 0.216. The van der Waals surface area contributed by atoms with Crippen LogP contribution >= 0.6 is 11.6 Å². The van der Waals surface area contributed by atoms with Gasteiger partial charge in [0.25, 0.3) is 0 Å². The molecule has 2 aromatic carbocycles. The van der Waals surface area contributed by atoms with E-state index in [1.807, 2.05) is 6.07 Å². The molecule has 0 radical (unpaired) electrons. The number of ether oxygens (including phenoxy) is 3. The highest BCUT2D eigenvalue weighted by Crippen LogP contribution is 2.31. The molecule has 0 unspecified atom stereocenters. The fourth-order valence-corrected chi connectivity index (χ4v) is 4.83. The van der Waals surface area contributed by atoms with Crippen LogP contribution in [0.25, 0.3) is 11.3 Å². The molecule has 0 atom stereocenters. The molecule has 4 aromatic rings. The van der Waals surface area contributed by atoms with Crippen LogP contribution < -0.4 is 20.0 Å². The van der Waals surface area contributed by atoms with Gasteiger partial charge in [-0.3, -0.25) is 0 Å². The van der Waals surface area contributed by atoms with E-state index < -0.39 is 5.97 Å². The Morgan fingerprint density at radius 1 is 0.930 bits per heavy atom. The van der Waals surface area contributed by atoms with E-state index in [2.05, 4.69) is 35.5 Å². The van der Waals surface area contributed by atoms with Crippen molar-refractivity contribution in [2.75, 3.05) is 67.8 Å². The van der Waals surface area contributed by atoms with Crippen molar-refractivity contribution in [1.82, 2.24) is 20.1 Å². The fourth-order valence-electron chi connectivity index (χ4n) is 4.61. The Bertz CT molecular complexity index is 1560. The van der Waals surface area contributed by atoms with E-state index in [4.69, 9.17) is 35.3 Å². The van der Waals surface area contributed by atoms with Crippen LogP contribution in [-0.2, 0) is 9.47 Å². The van der Waals surface area contributed by atoms with Crippen molar-refractivity contribution in [3.05, 3.63) is 70.4 Å². The predicted molar refractivity (Wildman–Crippen MR) is 160 cm³/mol. The van der Waals surface area contributed by atoms with Crippen LogP contribution in [0.4, 0.5) is 17.8 Å². The van der Waals surface area contributed by atoms with Gasteiger partial charge in [-0.1, -0.05) is 35.0 Å². The zero-order valence-electron chi connectivity index (χ0n) is 23.4. The molecule has 0 amide bonds. The first-order valence-electron chi connectivity index (χ1n) is 13.8. The molecule has 13 nitrogen and oxygen atoms in total. The lowest BCUT2D eigenvalue weighted by atomic mass is 10.1. The maximum Gasteiger partial charge on any atom is 0.349 e. The van der Waals surface area contributed by atoms with E-state index in [1.165, 1.54) is 0 Å². The largest absolute Gasteiger partial charge is 0.423 e. The number of carbonyl (C=O) groups excluding carboxylic acids is 1. The maximum absolute atomic E-state index is 13.1. The van der Waals surface area contributed by atoms with Gasteiger partial charge in [0, 0.05) is 31.7 Å². The monoisotopic (exact) mass is 604 g/mol. The zero-order valence-corrected chi connectivity index (χ0v) is 24.2. The number of nitrogens with zero attached hydrogens (tertiary/aromatic N) is 7. The first kappa shape index (κ1) is 28.5. The van der Waals surface area contributed by atoms with Crippen molar-refractivity contribution in [2.45, 2.75) is 6.92 Å². The van der Waals surface area contributed by atoms with Crippen molar-refractivity contribution >= 4 is 41.6 Å². The van der Waals surface area contributed by atoms with Crippen LogP contribution in [-0.4, -0.2) is 84.9 Å². The molecule has 0 spiro atoms. The van der Waals surface area contributed by atoms with E-state index >= 15 is 0 Å². The number of nitrogens with one attached hydrogen (secondary N) is 1. The summed E-state index contributed by atoms with van der Waals surface area (Å²) in [7, 11) is 0. The Labute approximate surface area is 252 Å². The maximum atomic E-state index is 13.1. The summed E-state index contributed by atoms with van der Waals surface area (Å²) in [6.07, 6.45) is 1.62. The number of esters is 1. The van der Waals surface area contributed by atoms with E-state index in [-0.39, 0.29) is 5.56 Å². The number of hydrazone groups is 1. The molecule has 4 heterocycles. The number of aryl methyl sites for hydroxylation is 1. The Kier molecular flexibility index (Phi) is 8.72. The number of halogens is 1. The molecule has 2 saturated heterocycles. The molecule has 2 aliphatic heterocycles. The number of carbonyl (C=O) groups is 1. The molecule has 6 rings (SSSR count). The lowest BCUT2D eigenvalue weighted by Crippen LogP contribution is -2.40. The Balaban J connectivity index is 1.13. The van der Waals surface area contributed by atoms with Crippen molar-refractivity contribution in [2.24, 2.45) is 5.10 Å². The Morgan fingerprint density at radius 3 is 2.19 bits per heavy atom. The minimum Gasteiger partial charge on any atom is -0.423 e. The summed E-state index contributed by atoms with van der Waals surface area (Å²) in [5.74, 6) is 1.57. The van der Waals surface area contributed by atoms with Gasteiger partial charge in [-0.15, -0.1) is 0 Å². The minimum atomic E-state index is -0.598. The summed E-state index contributed by atoms with van der Waals surface area (Å²) in [4.78, 5) is 31.1. The number of anilines is 3. The van der Waals surface area contributed by atoms with Crippen LogP contribution in [0.3, 0.4) is 0 Å². The third kappa shape index (κ3) is 6.74. The average Bonchev–Trinajstić information content (AvgIpc) is 3.44.